The van der Waals surface area contributed by atoms with E-state index >= 15 is 0 Å². The summed E-state index contributed by atoms with van der Waals surface area (Å²) in [6, 6.07) is 0. The van der Waals surface area contributed by atoms with Crippen LogP contribution in [0.5, 0.6) is 0 Å². The molecule has 2 heterocycles. The third kappa shape index (κ3) is 3.40. The van der Waals surface area contributed by atoms with E-state index in [9.17, 15) is 0 Å². The van der Waals surface area contributed by atoms with Gasteiger partial charge in [-0.15, -0.1) is 23.5 Å². The first-order valence-electron chi connectivity index (χ1n) is 3.47. The van der Waals surface area contributed by atoms with Crippen LogP contribution in [-0.2, 0) is 0 Å². The second-order valence-electron chi connectivity index (χ2n) is 2.03. The third-order valence-electron chi connectivity index (χ3n) is 1.17. The van der Waals surface area contributed by atoms with E-state index in [-0.39, 0.29) is 0 Å². The smallest absolute Gasteiger partial charge is 0.0564 e. The summed E-state index contributed by atoms with van der Waals surface area (Å²) in [5.41, 5.74) is 0. The van der Waals surface area contributed by atoms with Crippen molar-refractivity contribution in [3.63, 3.8) is 0 Å². The Balaban J connectivity index is 1.90. The van der Waals surface area contributed by atoms with Gasteiger partial charge in [0.15, 0.2) is 0 Å². The maximum atomic E-state index is 2.19. The lowest BCUT2D eigenvalue weighted by Crippen LogP contribution is -1.73. The zero-order valence-corrected chi connectivity index (χ0v) is 10.6. The molecule has 0 saturated carbocycles. The molecule has 0 aromatic heterocycles. The SMILES string of the molecule is C1=CSC(SC2=CSC=CS2)=CS1. The molecule has 0 bridgehead atoms. The quantitative estimate of drug-likeness (QED) is 0.667. The molecule has 0 amide bonds. The second-order valence-corrected chi connectivity index (χ2v) is 7.08. The molecule has 2 aliphatic heterocycles. The Morgan fingerprint density at radius 3 is 1.69 bits per heavy atom. The molecule has 0 aromatic carbocycles. The van der Waals surface area contributed by atoms with Gasteiger partial charge in [0.25, 0.3) is 0 Å². The number of rotatable bonds is 2. The number of hydrogen-bond donors (Lipinski definition) is 0. The van der Waals surface area contributed by atoms with Gasteiger partial charge in [-0.05, 0) is 32.4 Å². The minimum absolute atomic E-state index is 1.36. The molecule has 2 aliphatic rings. The van der Waals surface area contributed by atoms with Crippen molar-refractivity contribution >= 4 is 58.8 Å². The Kier molecular flexibility index (Phi) is 4.38. The molecule has 2 rings (SSSR count). The fraction of sp³-hybridized carbons (Fsp3) is 0. The molecule has 0 fully saturated rings. The molecule has 0 aliphatic carbocycles. The van der Waals surface area contributed by atoms with Crippen molar-refractivity contribution < 1.29 is 0 Å². The van der Waals surface area contributed by atoms with E-state index < -0.39 is 0 Å². The molecule has 0 saturated heterocycles. The average Bonchev–Trinajstić information content (AvgIpc) is 2.21. The highest BCUT2D eigenvalue weighted by Gasteiger charge is 2.06. The van der Waals surface area contributed by atoms with Gasteiger partial charge < -0.3 is 0 Å². The highest BCUT2D eigenvalue weighted by atomic mass is 32.2. The molecule has 68 valence electrons. The lowest BCUT2D eigenvalue weighted by Gasteiger charge is -2.09. The van der Waals surface area contributed by atoms with Gasteiger partial charge in [0.1, 0.15) is 0 Å². The Morgan fingerprint density at radius 2 is 1.31 bits per heavy atom. The molecule has 0 atom stereocenters. The largest absolute Gasteiger partial charge is 0.104 e. The van der Waals surface area contributed by atoms with Crippen molar-refractivity contribution in [3.8, 4) is 0 Å². The summed E-state index contributed by atoms with van der Waals surface area (Å²) < 4.78 is 2.73. The summed E-state index contributed by atoms with van der Waals surface area (Å²) in [5.74, 6) is 0. The fourth-order valence-corrected chi connectivity index (χ4v) is 5.41. The van der Waals surface area contributed by atoms with E-state index in [0.29, 0.717) is 0 Å². The monoisotopic (exact) mass is 262 g/mol. The normalized spacial score (nSPS) is 21.2. The predicted molar refractivity (Wildman–Crippen MR) is 72.4 cm³/mol. The van der Waals surface area contributed by atoms with Gasteiger partial charge >= 0.3 is 0 Å². The molecule has 0 spiro atoms. The topological polar surface area (TPSA) is 0 Å². The zero-order valence-electron chi connectivity index (χ0n) is 6.51. The van der Waals surface area contributed by atoms with Gasteiger partial charge in [-0.1, -0.05) is 35.3 Å². The highest BCUT2D eigenvalue weighted by Crippen LogP contribution is 2.46. The maximum absolute atomic E-state index is 2.19. The van der Waals surface area contributed by atoms with Crippen LogP contribution < -0.4 is 0 Å². The van der Waals surface area contributed by atoms with Crippen molar-refractivity contribution in [1.29, 1.82) is 0 Å². The molecule has 0 nitrogen and oxygen atoms in total. The minimum Gasteiger partial charge on any atom is -0.104 e. The lowest BCUT2D eigenvalue weighted by molar-refractivity contribution is 2.30. The van der Waals surface area contributed by atoms with Crippen molar-refractivity contribution in [2.45, 2.75) is 0 Å². The zero-order chi connectivity index (χ0) is 8.93. The van der Waals surface area contributed by atoms with Gasteiger partial charge in [0, 0.05) is 0 Å². The van der Waals surface area contributed by atoms with E-state index in [4.69, 9.17) is 0 Å². The Labute approximate surface area is 99.1 Å². The van der Waals surface area contributed by atoms with Crippen LogP contribution in [0.4, 0.5) is 0 Å². The van der Waals surface area contributed by atoms with Crippen molar-refractivity contribution in [1.82, 2.24) is 0 Å². The minimum atomic E-state index is 1.36. The Morgan fingerprint density at radius 1 is 0.769 bits per heavy atom. The number of thioether (sulfide) groups is 5. The van der Waals surface area contributed by atoms with Crippen molar-refractivity contribution in [3.05, 3.63) is 40.9 Å². The van der Waals surface area contributed by atoms with E-state index in [1.165, 1.54) is 8.47 Å². The predicted octanol–water partition coefficient (Wildman–Crippen LogP) is 5.22. The Hall–Kier alpha value is 0.710. The molecule has 5 heteroatoms. The van der Waals surface area contributed by atoms with Gasteiger partial charge in [0.05, 0.1) is 8.47 Å². The summed E-state index contributed by atoms with van der Waals surface area (Å²) in [4.78, 5) is 0. The summed E-state index contributed by atoms with van der Waals surface area (Å²) in [6.07, 6.45) is 0. The van der Waals surface area contributed by atoms with E-state index in [2.05, 4.69) is 32.4 Å². The van der Waals surface area contributed by atoms with E-state index in [0.717, 1.165) is 0 Å². The van der Waals surface area contributed by atoms with Crippen LogP contribution in [-0.4, -0.2) is 0 Å². The average molecular weight is 262 g/mol. The van der Waals surface area contributed by atoms with Crippen LogP contribution >= 0.6 is 58.8 Å². The first-order valence-corrected chi connectivity index (χ1v) is 7.94. The Bertz CT molecular complexity index is 270. The first kappa shape index (κ1) is 10.2. The van der Waals surface area contributed by atoms with E-state index in [1.807, 2.05) is 11.8 Å². The second kappa shape index (κ2) is 5.56. The molecule has 0 aromatic rings. The summed E-state index contributed by atoms with van der Waals surface area (Å²) >= 11 is 8.92. The molecule has 0 unspecified atom stereocenters. The summed E-state index contributed by atoms with van der Waals surface area (Å²) in [7, 11) is 0. The highest BCUT2D eigenvalue weighted by molar-refractivity contribution is 8.34. The van der Waals surface area contributed by atoms with Gasteiger partial charge in [0.2, 0.25) is 0 Å². The van der Waals surface area contributed by atoms with Gasteiger partial charge in [-0.25, -0.2) is 0 Å². The lowest BCUT2D eigenvalue weighted by atomic mass is 11.2. The van der Waals surface area contributed by atoms with Crippen LogP contribution in [0.3, 0.4) is 0 Å². The van der Waals surface area contributed by atoms with Crippen LogP contribution in [0.25, 0.3) is 0 Å². The maximum Gasteiger partial charge on any atom is 0.0564 e. The van der Waals surface area contributed by atoms with Gasteiger partial charge in [-0.2, -0.15) is 0 Å². The summed E-state index contributed by atoms with van der Waals surface area (Å²) in [5, 5.41) is 12.9. The first-order chi connectivity index (χ1) is 6.45. The van der Waals surface area contributed by atoms with Crippen molar-refractivity contribution in [2.75, 3.05) is 0 Å². The van der Waals surface area contributed by atoms with Gasteiger partial charge in [-0.3, -0.25) is 0 Å². The molecular formula is C8H6S5. The van der Waals surface area contributed by atoms with E-state index in [1.54, 1.807) is 47.0 Å². The fourth-order valence-electron chi connectivity index (χ4n) is 0.694. The molecule has 0 radical (unpaired) electrons. The van der Waals surface area contributed by atoms with Crippen LogP contribution in [0.1, 0.15) is 0 Å². The van der Waals surface area contributed by atoms with Crippen LogP contribution in [0.2, 0.25) is 0 Å². The third-order valence-corrected chi connectivity index (χ3v) is 6.40. The molecule has 0 N–H and O–H groups in total. The van der Waals surface area contributed by atoms with Crippen LogP contribution in [0.15, 0.2) is 40.9 Å². The molecular weight excluding hydrogens is 256 g/mol. The molecule has 13 heavy (non-hydrogen) atoms. The summed E-state index contributed by atoms with van der Waals surface area (Å²) in [6.45, 7) is 0. The number of hydrogen-bond acceptors (Lipinski definition) is 5. The standard InChI is InChI=1S/C8H6S5/c1-3-11-7(5-9-1)13-8-6-10-2-4-12-8/h1-6H. The van der Waals surface area contributed by atoms with Crippen molar-refractivity contribution in [2.24, 2.45) is 0 Å². The van der Waals surface area contributed by atoms with Crippen LogP contribution in [0, 0.1) is 0 Å².